The Labute approximate surface area is 116 Å². The molecule has 1 aromatic rings. The van der Waals surface area contributed by atoms with Gasteiger partial charge in [-0.05, 0) is 43.5 Å². The van der Waals surface area contributed by atoms with Gasteiger partial charge in [0.25, 0.3) is 0 Å². The first-order valence-corrected chi connectivity index (χ1v) is 7.27. The molecule has 1 fully saturated rings. The van der Waals surface area contributed by atoms with E-state index in [0.29, 0.717) is 12.0 Å². The van der Waals surface area contributed by atoms with E-state index >= 15 is 0 Å². The zero-order valence-electron chi connectivity index (χ0n) is 12.0. The molecule has 0 bridgehead atoms. The third kappa shape index (κ3) is 4.22. The van der Waals surface area contributed by atoms with E-state index in [1.54, 1.807) is 7.11 Å². The number of methoxy groups -OCH3 is 1. The molecule has 1 aliphatic heterocycles. The molecule has 19 heavy (non-hydrogen) atoms. The predicted octanol–water partition coefficient (Wildman–Crippen LogP) is 2.64. The molecular formula is C16H25NO2. The first kappa shape index (κ1) is 14.4. The number of hydrogen-bond donors (Lipinski definition) is 1. The van der Waals surface area contributed by atoms with Crippen LogP contribution in [0.15, 0.2) is 24.3 Å². The van der Waals surface area contributed by atoms with Crippen molar-refractivity contribution in [2.45, 2.75) is 32.2 Å². The van der Waals surface area contributed by atoms with Gasteiger partial charge in [0.05, 0.1) is 13.7 Å². The average molecular weight is 263 g/mol. The monoisotopic (exact) mass is 263 g/mol. The molecule has 1 N–H and O–H groups in total. The van der Waals surface area contributed by atoms with Crippen molar-refractivity contribution in [1.29, 1.82) is 0 Å². The fourth-order valence-corrected chi connectivity index (χ4v) is 2.62. The number of hydrogen-bond acceptors (Lipinski definition) is 3. The van der Waals surface area contributed by atoms with Gasteiger partial charge in [-0.25, -0.2) is 0 Å². The van der Waals surface area contributed by atoms with Gasteiger partial charge in [0, 0.05) is 18.6 Å². The van der Waals surface area contributed by atoms with Gasteiger partial charge in [-0.3, -0.25) is 0 Å². The van der Waals surface area contributed by atoms with Gasteiger partial charge in [0.15, 0.2) is 0 Å². The van der Waals surface area contributed by atoms with E-state index in [2.05, 4.69) is 24.4 Å². The van der Waals surface area contributed by atoms with Gasteiger partial charge in [-0.15, -0.1) is 0 Å². The van der Waals surface area contributed by atoms with Gasteiger partial charge in [0.2, 0.25) is 0 Å². The summed E-state index contributed by atoms with van der Waals surface area (Å²) in [4.78, 5) is 0. The van der Waals surface area contributed by atoms with Crippen molar-refractivity contribution in [3.8, 4) is 5.75 Å². The summed E-state index contributed by atoms with van der Waals surface area (Å²) >= 11 is 0. The van der Waals surface area contributed by atoms with E-state index in [1.807, 2.05) is 12.1 Å². The SMILES string of the molecule is CCCNC(Cc1ccc(OC)cc1)C1CCOC1. The highest BCUT2D eigenvalue weighted by Crippen LogP contribution is 2.21. The summed E-state index contributed by atoms with van der Waals surface area (Å²) in [6, 6.07) is 8.93. The molecule has 1 aromatic carbocycles. The van der Waals surface area contributed by atoms with E-state index < -0.39 is 0 Å². The Morgan fingerprint density at radius 1 is 1.37 bits per heavy atom. The summed E-state index contributed by atoms with van der Waals surface area (Å²) in [6.07, 6.45) is 3.42. The first-order valence-electron chi connectivity index (χ1n) is 7.27. The van der Waals surface area contributed by atoms with Gasteiger partial charge < -0.3 is 14.8 Å². The van der Waals surface area contributed by atoms with E-state index in [-0.39, 0.29) is 0 Å². The quantitative estimate of drug-likeness (QED) is 0.820. The van der Waals surface area contributed by atoms with Crippen LogP contribution in [0.3, 0.4) is 0 Å². The van der Waals surface area contributed by atoms with Crippen LogP contribution in [-0.2, 0) is 11.2 Å². The molecule has 106 valence electrons. The number of benzene rings is 1. The summed E-state index contributed by atoms with van der Waals surface area (Å²) in [5, 5.41) is 3.68. The van der Waals surface area contributed by atoms with Crippen LogP contribution in [0.2, 0.25) is 0 Å². The number of ether oxygens (including phenoxy) is 2. The van der Waals surface area contributed by atoms with Gasteiger partial charge >= 0.3 is 0 Å². The smallest absolute Gasteiger partial charge is 0.118 e. The summed E-state index contributed by atoms with van der Waals surface area (Å²) in [7, 11) is 1.70. The fraction of sp³-hybridized carbons (Fsp3) is 0.625. The number of rotatable bonds is 7. The van der Waals surface area contributed by atoms with Crippen molar-refractivity contribution in [3.63, 3.8) is 0 Å². The Kier molecular flexibility index (Phi) is 5.67. The summed E-state index contributed by atoms with van der Waals surface area (Å²) in [6.45, 7) is 5.11. The zero-order valence-corrected chi connectivity index (χ0v) is 12.0. The standard InChI is InChI=1S/C16H25NO2/c1-3-9-17-16(14-8-10-19-12-14)11-13-4-6-15(18-2)7-5-13/h4-7,14,16-17H,3,8-12H2,1-2H3. The Balaban J connectivity index is 1.96. The summed E-state index contributed by atoms with van der Waals surface area (Å²) < 4.78 is 10.7. The van der Waals surface area contributed by atoms with Crippen molar-refractivity contribution < 1.29 is 9.47 Å². The molecule has 0 spiro atoms. The molecule has 0 amide bonds. The lowest BCUT2D eigenvalue weighted by Gasteiger charge is -2.24. The van der Waals surface area contributed by atoms with Crippen LogP contribution in [-0.4, -0.2) is 32.9 Å². The summed E-state index contributed by atoms with van der Waals surface area (Å²) in [5.74, 6) is 1.57. The average Bonchev–Trinajstić information content (AvgIpc) is 2.98. The van der Waals surface area contributed by atoms with Crippen LogP contribution < -0.4 is 10.1 Å². The highest BCUT2D eigenvalue weighted by Gasteiger charge is 2.25. The number of nitrogens with one attached hydrogen (secondary N) is 1. The van der Waals surface area contributed by atoms with Gasteiger partial charge in [-0.2, -0.15) is 0 Å². The lowest BCUT2D eigenvalue weighted by atomic mass is 9.92. The largest absolute Gasteiger partial charge is 0.497 e. The van der Waals surface area contributed by atoms with Gasteiger partial charge in [-0.1, -0.05) is 19.1 Å². The zero-order chi connectivity index (χ0) is 13.5. The minimum atomic E-state index is 0.524. The first-order chi connectivity index (χ1) is 9.33. The van der Waals surface area contributed by atoms with E-state index in [0.717, 1.165) is 31.9 Å². The molecule has 3 nitrogen and oxygen atoms in total. The van der Waals surface area contributed by atoms with E-state index in [9.17, 15) is 0 Å². The second-order valence-electron chi connectivity index (χ2n) is 5.24. The van der Waals surface area contributed by atoms with Crippen molar-refractivity contribution in [2.75, 3.05) is 26.9 Å². The van der Waals surface area contributed by atoms with Crippen LogP contribution in [0.25, 0.3) is 0 Å². The summed E-state index contributed by atoms with van der Waals surface area (Å²) in [5.41, 5.74) is 1.36. The minimum absolute atomic E-state index is 0.524. The highest BCUT2D eigenvalue weighted by molar-refractivity contribution is 5.27. The maximum Gasteiger partial charge on any atom is 0.118 e. The molecule has 1 aliphatic rings. The Morgan fingerprint density at radius 3 is 2.74 bits per heavy atom. The fourth-order valence-electron chi connectivity index (χ4n) is 2.62. The Morgan fingerprint density at radius 2 is 2.16 bits per heavy atom. The molecule has 2 rings (SSSR count). The third-order valence-electron chi connectivity index (χ3n) is 3.81. The van der Waals surface area contributed by atoms with E-state index in [1.165, 1.54) is 18.4 Å². The predicted molar refractivity (Wildman–Crippen MR) is 77.7 cm³/mol. The van der Waals surface area contributed by atoms with Crippen LogP contribution in [0.5, 0.6) is 5.75 Å². The van der Waals surface area contributed by atoms with Crippen molar-refractivity contribution in [1.82, 2.24) is 5.32 Å². The second-order valence-corrected chi connectivity index (χ2v) is 5.24. The second kappa shape index (κ2) is 7.51. The molecular weight excluding hydrogens is 238 g/mol. The third-order valence-corrected chi connectivity index (χ3v) is 3.81. The lowest BCUT2D eigenvalue weighted by Crippen LogP contribution is -2.38. The molecule has 3 heteroatoms. The van der Waals surface area contributed by atoms with Crippen molar-refractivity contribution >= 4 is 0 Å². The van der Waals surface area contributed by atoms with Gasteiger partial charge in [0.1, 0.15) is 5.75 Å². The topological polar surface area (TPSA) is 30.5 Å². The van der Waals surface area contributed by atoms with E-state index in [4.69, 9.17) is 9.47 Å². The molecule has 1 saturated heterocycles. The maximum atomic E-state index is 5.53. The lowest BCUT2D eigenvalue weighted by molar-refractivity contribution is 0.176. The maximum absolute atomic E-state index is 5.53. The highest BCUT2D eigenvalue weighted by atomic mass is 16.5. The molecule has 2 unspecified atom stereocenters. The van der Waals surface area contributed by atoms with Crippen molar-refractivity contribution in [3.05, 3.63) is 29.8 Å². The minimum Gasteiger partial charge on any atom is -0.497 e. The van der Waals surface area contributed by atoms with Crippen LogP contribution in [0, 0.1) is 5.92 Å². The molecule has 0 radical (unpaired) electrons. The molecule has 0 aromatic heterocycles. The van der Waals surface area contributed by atoms with Crippen molar-refractivity contribution in [2.24, 2.45) is 5.92 Å². The van der Waals surface area contributed by atoms with Crippen LogP contribution >= 0.6 is 0 Å². The molecule has 0 aliphatic carbocycles. The normalized spacial score (nSPS) is 20.4. The van der Waals surface area contributed by atoms with Crippen LogP contribution in [0.4, 0.5) is 0 Å². The van der Waals surface area contributed by atoms with Crippen LogP contribution in [0.1, 0.15) is 25.3 Å². The molecule has 1 heterocycles. The molecule has 2 atom stereocenters. The Bertz CT molecular complexity index is 358. The Hall–Kier alpha value is -1.06. The molecule has 0 saturated carbocycles.